The van der Waals surface area contributed by atoms with Gasteiger partial charge in [0.1, 0.15) is 11.6 Å². The number of amides is 1. The zero-order valence-corrected chi connectivity index (χ0v) is 20.9. The Balaban J connectivity index is 0.00000512. The number of carbonyl (C=O) groups excluding carboxylic acids is 3. The average Bonchev–Trinajstić information content (AvgIpc) is 2.72. The molecule has 1 amide bonds. The second-order valence-electron chi connectivity index (χ2n) is 8.56. The first-order valence-electron chi connectivity index (χ1n) is 10.7. The molecule has 0 aliphatic heterocycles. The third-order valence-electron chi connectivity index (χ3n) is 5.64. The van der Waals surface area contributed by atoms with Crippen molar-refractivity contribution in [2.75, 3.05) is 13.8 Å². The third kappa shape index (κ3) is 6.36. The van der Waals surface area contributed by atoms with E-state index in [9.17, 15) is 14.4 Å². The summed E-state index contributed by atoms with van der Waals surface area (Å²) in [7, 11) is 1.52. The summed E-state index contributed by atoms with van der Waals surface area (Å²) in [6.07, 6.45) is 1.61. The summed E-state index contributed by atoms with van der Waals surface area (Å²) in [6, 6.07) is 6.63. The first kappa shape index (κ1) is 28.2. The fraction of sp³-hybridized carbons (Fsp3) is 0.609. The van der Waals surface area contributed by atoms with Crippen LogP contribution in [0.1, 0.15) is 58.9 Å². The fourth-order valence-electron chi connectivity index (χ4n) is 4.00. The number of esters is 1. The molecule has 2 atom stereocenters. The first-order chi connectivity index (χ1) is 14.6. The number of Topliss-reactive ketones (excluding diaryl/α,β-unsaturated/α-hetero) is 1. The molecular formula is C23H34Cl2N2O5. The zero-order chi connectivity index (χ0) is 23.2. The Bertz CT molecular complexity index is 802. The van der Waals surface area contributed by atoms with Gasteiger partial charge >= 0.3 is 12.1 Å². The number of rotatable bonds is 8. The van der Waals surface area contributed by atoms with Crippen molar-refractivity contribution in [3.05, 3.63) is 34.9 Å². The van der Waals surface area contributed by atoms with E-state index in [0.717, 1.165) is 12.8 Å². The fourth-order valence-corrected chi connectivity index (χ4v) is 4.29. The van der Waals surface area contributed by atoms with E-state index in [1.807, 2.05) is 27.7 Å². The van der Waals surface area contributed by atoms with Gasteiger partial charge in [-0.25, -0.2) is 4.79 Å². The van der Waals surface area contributed by atoms with Gasteiger partial charge in [0.2, 0.25) is 6.79 Å². The van der Waals surface area contributed by atoms with E-state index >= 15 is 0 Å². The van der Waals surface area contributed by atoms with E-state index in [0.29, 0.717) is 23.4 Å². The van der Waals surface area contributed by atoms with Crippen molar-refractivity contribution in [3.63, 3.8) is 0 Å². The van der Waals surface area contributed by atoms with Gasteiger partial charge < -0.3 is 14.8 Å². The first-order valence-corrected chi connectivity index (χ1v) is 11.1. The maximum absolute atomic E-state index is 13.1. The van der Waals surface area contributed by atoms with Crippen LogP contribution < -0.4 is 5.32 Å². The SMILES string of the molecule is CC(C)N[C@H](C(=O)OCOC(=O)N(C)[C@]1(c2ccccc2Cl)CCCCC1=O)C(C)C.Cl. The van der Waals surface area contributed by atoms with Crippen LogP contribution in [-0.4, -0.2) is 48.7 Å². The number of carbonyl (C=O) groups is 3. The summed E-state index contributed by atoms with van der Waals surface area (Å²) in [4.78, 5) is 39.6. The number of benzene rings is 1. The molecular weight excluding hydrogens is 455 g/mol. The minimum absolute atomic E-state index is 0. The van der Waals surface area contributed by atoms with Crippen LogP contribution in [-0.2, 0) is 24.6 Å². The van der Waals surface area contributed by atoms with Crippen LogP contribution in [0.4, 0.5) is 4.79 Å². The van der Waals surface area contributed by atoms with Crippen molar-refractivity contribution in [2.45, 2.75) is 71.0 Å². The maximum atomic E-state index is 13.1. The van der Waals surface area contributed by atoms with Crippen LogP contribution in [0, 0.1) is 5.92 Å². The second kappa shape index (κ2) is 12.4. The van der Waals surface area contributed by atoms with Crippen molar-refractivity contribution >= 4 is 41.9 Å². The highest BCUT2D eigenvalue weighted by atomic mass is 35.5. The van der Waals surface area contributed by atoms with Crippen molar-refractivity contribution < 1.29 is 23.9 Å². The van der Waals surface area contributed by atoms with E-state index in [4.69, 9.17) is 21.1 Å². The van der Waals surface area contributed by atoms with Gasteiger partial charge in [-0.1, -0.05) is 57.5 Å². The normalized spacial score (nSPS) is 19.3. The summed E-state index contributed by atoms with van der Waals surface area (Å²) in [5, 5.41) is 3.57. The Hall–Kier alpha value is -1.83. The van der Waals surface area contributed by atoms with E-state index in [2.05, 4.69) is 5.32 Å². The molecule has 7 nitrogen and oxygen atoms in total. The molecule has 1 N–H and O–H groups in total. The second-order valence-corrected chi connectivity index (χ2v) is 8.97. The van der Waals surface area contributed by atoms with Gasteiger partial charge in [0.05, 0.1) is 0 Å². The standard InChI is InChI=1S/C23H33ClN2O5.ClH/c1-15(2)20(25-16(3)4)21(28)30-14-31-22(29)26(5)23(13-9-8-12-19(23)27)17-10-6-7-11-18(17)24;/h6-7,10-11,15-16,20,25H,8-9,12-14H2,1-5H3;1H/t20-,23-;/m0./s1. The van der Waals surface area contributed by atoms with Gasteiger partial charge in [-0.2, -0.15) is 0 Å². The van der Waals surface area contributed by atoms with Crippen molar-refractivity contribution in [2.24, 2.45) is 5.92 Å². The van der Waals surface area contributed by atoms with E-state index in [1.165, 1.54) is 11.9 Å². The summed E-state index contributed by atoms with van der Waals surface area (Å²) in [5.74, 6) is -0.561. The van der Waals surface area contributed by atoms with Crippen LogP contribution >= 0.6 is 24.0 Å². The molecule has 0 spiro atoms. The topological polar surface area (TPSA) is 84.9 Å². The monoisotopic (exact) mass is 488 g/mol. The van der Waals surface area contributed by atoms with Crippen molar-refractivity contribution in [3.8, 4) is 0 Å². The molecule has 1 aliphatic carbocycles. The van der Waals surface area contributed by atoms with Crippen molar-refractivity contribution in [1.82, 2.24) is 10.2 Å². The molecule has 0 radical (unpaired) electrons. The summed E-state index contributed by atoms with van der Waals surface area (Å²) in [5.41, 5.74) is -0.615. The number of halogens is 2. The molecule has 9 heteroatoms. The zero-order valence-electron chi connectivity index (χ0n) is 19.4. The summed E-state index contributed by atoms with van der Waals surface area (Å²) >= 11 is 6.41. The molecule has 0 heterocycles. The molecule has 1 saturated carbocycles. The Morgan fingerprint density at radius 2 is 1.81 bits per heavy atom. The lowest BCUT2D eigenvalue weighted by atomic mass is 9.74. The van der Waals surface area contributed by atoms with Crippen LogP contribution in [0.25, 0.3) is 0 Å². The largest absolute Gasteiger partial charge is 0.427 e. The van der Waals surface area contributed by atoms with E-state index in [-0.39, 0.29) is 30.2 Å². The minimum atomic E-state index is -1.20. The number of ketones is 1. The Kier molecular flexibility index (Phi) is 10.9. The van der Waals surface area contributed by atoms with Gasteiger partial charge in [0.25, 0.3) is 0 Å². The highest BCUT2D eigenvalue weighted by Gasteiger charge is 2.48. The predicted octanol–water partition coefficient (Wildman–Crippen LogP) is 4.69. The molecule has 0 aromatic heterocycles. The number of hydrogen-bond acceptors (Lipinski definition) is 6. The molecule has 180 valence electrons. The molecule has 0 bridgehead atoms. The Morgan fingerprint density at radius 3 is 2.38 bits per heavy atom. The van der Waals surface area contributed by atoms with Gasteiger partial charge in [0, 0.05) is 30.1 Å². The minimum Gasteiger partial charge on any atom is -0.427 e. The molecule has 1 aromatic carbocycles. The number of nitrogens with zero attached hydrogens (tertiary/aromatic N) is 1. The number of likely N-dealkylation sites (N-methyl/N-ethyl adjacent to an activating group) is 1. The average molecular weight is 489 g/mol. The van der Waals surface area contributed by atoms with Crippen LogP contribution in [0.15, 0.2) is 24.3 Å². The molecule has 1 aliphatic rings. The molecule has 1 fully saturated rings. The van der Waals surface area contributed by atoms with E-state index < -0.39 is 30.4 Å². The third-order valence-corrected chi connectivity index (χ3v) is 5.97. The lowest BCUT2D eigenvalue weighted by Crippen LogP contribution is -2.54. The van der Waals surface area contributed by atoms with Crippen LogP contribution in [0.3, 0.4) is 0 Å². The van der Waals surface area contributed by atoms with Crippen molar-refractivity contribution in [1.29, 1.82) is 0 Å². The summed E-state index contributed by atoms with van der Waals surface area (Å²) < 4.78 is 10.4. The Labute approximate surface area is 201 Å². The Morgan fingerprint density at radius 1 is 1.16 bits per heavy atom. The smallest absolute Gasteiger partial charge is 0.413 e. The quantitative estimate of drug-likeness (QED) is 0.421. The number of hydrogen-bond donors (Lipinski definition) is 1. The molecule has 32 heavy (non-hydrogen) atoms. The van der Waals surface area contributed by atoms with Gasteiger partial charge in [-0.3, -0.25) is 14.5 Å². The molecule has 1 aromatic rings. The molecule has 2 rings (SSSR count). The summed E-state index contributed by atoms with van der Waals surface area (Å²) in [6.45, 7) is 7.16. The van der Waals surface area contributed by atoms with E-state index in [1.54, 1.807) is 24.3 Å². The lowest BCUT2D eigenvalue weighted by Gasteiger charge is -2.43. The number of ether oxygens (including phenoxy) is 2. The number of nitrogens with one attached hydrogen (secondary N) is 1. The highest BCUT2D eigenvalue weighted by Crippen LogP contribution is 2.42. The lowest BCUT2D eigenvalue weighted by molar-refractivity contribution is -0.157. The predicted molar refractivity (Wildman–Crippen MR) is 126 cm³/mol. The molecule has 0 saturated heterocycles. The highest BCUT2D eigenvalue weighted by molar-refractivity contribution is 6.31. The van der Waals surface area contributed by atoms with Crippen LogP contribution in [0.5, 0.6) is 0 Å². The maximum Gasteiger partial charge on any atom is 0.413 e. The van der Waals surface area contributed by atoms with Crippen LogP contribution in [0.2, 0.25) is 5.02 Å². The van der Waals surface area contributed by atoms with Gasteiger partial charge in [-0.15, -0.1) is 12.4 Å². The van der Waals surface area contributed by atoms with Gasteiger partial charge in [0.15, 0.2) is 5.78 Å². The molecule has 0 unspecified atom stereocenters. The van der Waals surface area contributed by atoms with Gasteiger partial charge in [-0.05, 0) is 31.2 Å².